The maximum absolute atomic E-state index is 12.1. The van der Waals surface area contributed by atoms with Crippen molar-refractivity contribution >= 4 is 34.6 Å². The summed E-state index contributed by atoms with van der Waals surface area (Å²) < 4.78 is 0. The van der Waals surface area contributed by atoms with Crippen molar-refractivity contribution in [2.45, 2.75) is 6.92 Å². The molecule has 4 N–H and O–H groups in total. The molecule has 0 saturated carbocycles. The Bertz CT molecular complexity index is 808. The van der Waals surface area contributed by atoms with E-state index < -0.39 is 5.91 Å². The van der Waals surface area contributed by atoms with Crippen molar-refractivity contribution in [1.29, 1.82) is 5.26 Å². The SMILES string of the molecule is Cc1ccc(N/C=C(/C#N)C(=O)Nc2cccc(Cl)c2)c(N)c1. The fourth-order valence-corrected chi connectivity index (χ4v) is 2.07. The van der Waals surface area contributed by atoms with Gasteiger partial charge in [-0.1, -0.05) is 23.7 Å². The van der Waals surface area contributed by atoms with Crippen molar-refractivity contribution in [3.8, 4) is 6.07 Å². The summed E-state index contributed by atoms with van der Waals surface area (Å²) >= 11 is 5.86. The fraction of sp³-hybridized carbons (Fsp3) is 0.0588. The number of carbonyl (C=O) groups is 1. The number of nitrogen functional groups attached to an aromatic ring is 1. The topological polar surface area (TPSA) is 90.9 Å². The quantitative estimate of drug-likeness (QED) is 0.454. The summed E-state index contributed by atoms with van der Waals surface area (Å²) in [7, 11) is 0. The van der Waals surface area contributed by atoms with E-state index in [0.29, 0.717) is 22.1 Å². The summed E-state index contributed by atoms with van der Waals surface area (Å²) in [6.45, 7) is 1.93. The summed E-state index contributed by atoms with van der Waals surface area (Å²) in [5.41, 5.74) is 8.49. The molecule has 1 amide bonds. The molecule has 5 nitrogen and oxygen atoms in total. The van der Waals surface area contributed by atoms with E-state index in [-0.39, 0.29) is 5.57 Å². The average molecular weight is 327 g/mol. The largest absolute Gasteiger partial charge is 0.397 e. The van der Waals surface area contributed by atoms with Gasteiger partial charge in [0.1, 0.15) is 11.6 Å². The maximum Gasteiger partial charge on any atom is 0.267 e. The van der Waals surface area contributed by atoms with Crippen LogP contribution in [-0.4, -0.2) is 5.91 Å². The van der Waals surface area contributed by atoms with E-state index in [9.17, 15) is 4.79 Å². The molecule has 2 rings (SSSR count). The van der Waals surface area contributed by atoms with Crippen LogP contribution in [0.3, 0.4) is 0 Å². The average Bonchev–Trinajstić information content (AvgIpc) is 2.49. The van der Waals surface area contributed by atoms with Crippen LogP contribution in [0, 0.1) is 18.3 Å². The zero-order valence-electron chi connectivity index (χ0n) is 12.4. The molecule has 0 aliphatic heterocycles. The van der Waals surface area contributed by atoms with Gasteiger partial charge in [-0.15, -0.1) is 0 Å². The molecule has 23 heavy (non-hydrogen) atoms. The van der Waals surface area contributed by atoms with Crippen LogP contribution < -0.4 is 16.4 Å². The zero-order valence-corrected chi connectivity index (χ0v) is 13.2. The Labute approximate surface area is 139 Å². The minimum atomic E-state index is -0.534. The Kier molecular flexibility index (Phi) is 5.23. The van der Waals surface area contributed by atoms with E-state index in [1.807, 2.05) is 19.1 Å². The van der Waals surface area contributed by atoms with Gasteiger partial charge >= 0.3 is 0 Å². The molecule has 0 bridgehead atoms. The number of halogens is 1. The molecule has 0 atom stereocenters. The first-order valence-electron chi connectivity index (χ1n) is 6.79. The molecule has 0 unspecified atom stereocenters. The summed E-state index contributed by atoms with van der Waals surface area (Å²) in [5.74, 6) is -0.534. The molecule has 0 fully saturated rings. The number of nitriles is 1. The maximum atomic E-state index is 12.1. The first kappa shape index (κ1) is 16.4. The van der Waals surface area contributed by atoms with Gasteiger partial charge in [0.25, 0.3) is 5.91 Å². The number of nitrogens with zero attached hydrogens (tertiary/aromatic N) is 1. The van der Waals surface area contributed by atoms with Crippen molar-refractivity contribution in [1.82, 2.24) is 0 Å². The van der Waals surface area contributed by atoms with Gasteiger partial charge in [-0.25, -0.2) is 0 Å². The van der Waals surface area contributed by atoms with Gasteiger partial charge in [0, 0.05) is 16.9 Å². The smallest absolute Gasteiger partial charge is 0.267 e. The summed E-state index contributed by atoms with van der Waals surface area (Å²) in [6, 6.07) is 14.0. The third kappa shape index (κ3) is 4.50. The van der Waals surface area contributed by atoms with Gasteiger partial charge in [0.05, 0.1) is 11.4 Å². The molecule has 2 aromatic carbocycles. The minimum Gasteiger partial charge on any atom is -0.397 e. The van der Waals surface area contributed by atoms with Gasteiger partial charge < -0.3 is 16.4 Å². The van der Waals surface area contributed by atoms with E-state index >= 15 is 0 Å². The fourth-order valence-electron chi connectivity index (χ4n) is 1.88. The Morgan fingerprint density at radius 1 is 1.30 bits per heavy atom. The van der Waals surface area contributed by atoms with E-state index in [0.717, 1.165) is 5.56 Å². The van der Waals surface area contributed by atoms with E-state index in [2.05, 4.69) is 10.6 Å². The Morgan fingerprint density at radius 2 is 2.09 bits per heavy atom. The highest BCUT2D eigenvalue weighted by Gasteiger charge is 2.09. The van der Waals surface area contributed by atoms with Gasteiger partial charge in [-0.05, 0) is 42.8 Å². The van der Waals surface area contributed by atoms with Crippen LogP contribution in [0.25, 0.3) is 0 Å². The van der Waals surface area contributed by atoms with E-state index in [1.165, 1.54) is 6.20 Å². The van der Waals surface area contributed by atoms with Crippen molar-refractivity contribution in [3.05, 3.63) is 64.8 Å². The van der Waals surface area contributed by atoms with Crippen LogP contribution in [0.2, 0.25) is 5.02 Å². The number of nitrogens with one attached hydrogen (secondary N) is 2. The van der Waals surface area contributed by atoms with Crippen LogP contribution in [0.15, 0.2) is 54.2 Å². The number of rotatable bonds is 4. The number of benzene rings is 2. The lowest BCUT2D eigenvalue weighted by Gasteiger charge is -2.08. The summed E-state index contributed by atoms with van der Waals surface area (Å²) in [4.78, 5) is 12.1. The first-order chi connectivity index (χ1) is 11.0. The normalized spacial score (nSPS) is 10.7. The van der Waals surface area contributed by atoms with Crippen molar-refractivity contribution in [3.63, 3.8) is 0 Å². The minimum absolute atomic E-state index is 0.0787. The molecule has 0 aromatic heterocycles. The number of carbonyl (C=O) groups excluding carboxylic acids is 1. The summed E-state index contributed by atoms with van der Waals surface area (Å²) in [6.07, 6.45) is 1.32. The van der Waals surface area contributed by atoms with Crippen molar-refractivity contribution < 1.29 is 4.79 Å². The highest BCUT2D eigenvalue weighted by atomic mass is 35.5. The Hall–Kier alpha value is -2.97. The molecule has 2 aromatic rings. The number of hydrogen-bond donors (Lipinski definition) is 3. The Morgan fingerprint density at radius 3 is 2.74 bits per heavy atom. The van der Waals surface area contributed by atoms with Crippen LogP contribution in [-0.2, 0) is 4.79 Å². The lowest BCUT2D eigenvalue weighted by atomic mass is 10.2. The molecule has 0 spiro atoms. The molecular weight excluding hydrogens is 312 g/mol. The van der Waals surface area contributed by atoms with Gasteiger partial charge in [0.15, 0.2) is 0 Å². The van der Waals surface area contributed by atoms with Crippen molar-refractivity contribution in [2.24, 2.45) is 0 Å². The second-order valence-electron chi connectivity index (χ2n) is 4.87. The van der Waals surface area contributed by atoms with E-state index in [4.69, 9.17) is 22.6 Å². The molecule has 0 aliphatic carbocycles. The second-order valence-corrected chi connectivity index (χ2v) is 5.31. The molecule has 0 aliphatic rings. The number of nitrogens with two attached hydrogens (primary N) is 1. The molecule has 116 valence electrons. The molecule has 0 heterocycles. The molecule has 0 saturated heterocycles. The number of hydrogen-bond acceptors (Lipinski definition) is 4. The predicted molar refractivity (Wildman–Crippen MR) is 93.0 cm³/mol. The van der Waals surface area contributed by atoms with Crippen LogP contribution in [0.1, 0.15) is 5.56 Å². The third-order valence-electron chi connectivity index (χ3n) is 3.03. The monoisotopic (exact) mass is 326 g/mol. The van der Waals surface area contributed by atoms with Gasteiger partial charge in [0.2, 0.25) is 0 Å². The highest BCUT2D eigenvalue weighted by molar-refractivity contribution is 6.31. The highest BCUT2D eigenvalue weighted by Crippen LogP contribution is 2.20. The number of amides is 1. The van der Waals surface area contributed by atoms with Crippen LogP contribution in [0.5, 0.6) is 0 Å². The molecule has 6 heteroatoms. The zero-order chi connectivity index (χ0) is 16.8. The molecular formula is C17H15ClN4O. The van der Waals surface area contributed by atoms with Crippen LogP contribution in [0.4, 0.5) is 17.1 Å². The second kappa shape index (κ2) is 7.34. The predicted octanol–water partition coefficient (Wildman–Crippen LogP) is 3.69. The van der Waals surface area contributed by atoms with E-state index in [1.54, 1.807) is 36.4 Å². The standard InChI is InChI=1S/C17H15ClN4O/c1-11-5-6-16(15(20)7-11)21-10-12(9-19)17(23)22-14-4-2-3-13(18)8-14/h2-8,10,21H,20H2,1H3,(H,22,23)/b12-10-. The van der Waals surface area contributed by atoms with Crippen LogP contribution >= 0.6 is 11.6 Å². The molecule has 0 radical (unpaired) electrons. The number of anilines is 3. The number of aryl methyl sites for hydroxylation is 1. The van der Waals surface area contributed by atoms with Crippen molar-refractivity contribution in [2.75, 3.05) is 16.4 Å². The third-order valence-corrected chi connectivity index (χ3v) is 3.26. The first-order valence-corrected chi connectivity index (χ1v) is 7.17. The van der Waals surface area contributed by atoms with Gasteiger partial charge in [-0.2, -0.15) is 5.26 Å². The lowest BCUT2D eigenvalue weighted by molar-refractivity contribution is -0.112. The Balaban J connectivity index is 2.12. The summed E-state index contributed by atoms with van der Waals surface area (Å²) in [5, 5.41) is 15.1. The lowest BCUT2D eigenvalue weighted by Crippen LogP contribution is -2.14. The van der Waals surface area contributed by atoms with Gasteiger partial charge in [-0.3, -0.25) is 4.79 Å².